The summed E-state index contributed by atoms with van der Waals surface area (Å²) >= 11 is 0. The highest BCUT2D eigenvalue weighted by Crippen LogP contribution is 2.46. The van der Waals surface area contributed by atoms with Crippen LogP contribution in [0, 0.1) is 12.8 Å². The second-order valence-corrected chi connectivity index (χ2v) is 9.14. The van der Waals surface area contributed by atoms with Gasteiger partial charge in [-0.3, -0.25) is 19.4 Å². The third-order valence-electron chi connectivity index (χ3n) is 6.93. The minimum absolute atomic E-state index is 0.403. The Morgan fingerprint density at radius 3 is 2.26 bits per heavy atom. The molecule has 0 spiro atoms. The molecular formula is C29H29N3O6. The molecule has 0 unspecified atom stereocenters. The maximum Gasteiger partial charge on any atom is 0.268 e. The number of rotatable bonds is 7. The SMILES string of the molecule is CCOc1ccc(N2C(=O)[C@@H]3[C@H](c4cccc(OC)c4OC)NN(C(=O)c4ccc(C)cc4)[C@H]3C2=O)cc1. The average Bonchev–Trinajstić information content (AvgIpc) is 3.45. The lowest BCUT2D eigenvalue weighted by Gasteiger charge is -2.26. The molecular weight excluding hydrogens is 486 g/mol. The number of hydrogen-bond donors (Lipinski definition) is 1. The minimum Gasteiger partial charge on any atom is -0.494 e. The molecule has 9 heteroatoms. The molecule has 0 aromatic heterocycles. The second kappa shape index (κ2) is 10.2. The maximum absolute atomic E-state index is 13.9. The van der Waals surface area contributed by atoms with Gasteiger partial charge in [-0.1, -0.05) is 29.8 Å². The molecule has 0 radical (unpaired) electrons. The van der Waals surface area contributed by atoms with Gasteiger partial charge in [0.2, 0.25) is 5.91 Å². The van der Waals surface area contributed by atoms with Gasteiger partial charge in [0.05, 0.1) is 38.5 Å². The molecule has 38 heavy (non-hydrogen) atoms. The van der Waals surface area contributed by atoms with E-state index >= 15 is 0 Å². The molecule has 196 valence electrons. The van der Waals surface area contributed by atoms with Crippen LogP contribution in [0.15, 0.2) is 66.7 Å². The van der Waals surface area contributed by atoms with Crippen LogP contribution in [-0.4, -0.2) is 49.6 Å². The van der Waals surface area contributed by atoms with Gasteiger partial charge in [0.25, 0.3) is 11.8 Å². The van der Waals surface area contributed by atoms with Crippen LogP contribution in [0.1, 0.15) is 34.5 Å². The summed E-state index contributed by atoms with van der Waals surface area (Å²) in [5.41, 5.74) is 5.59. The normalized spacial score (nSPS) is 20.5. The highest BCUT2D eigenvalue weighted by atomic mass is 16.5. The molecule has 5 rings (SSSR count). The topological polar surface area (TPSA) is 97.4 Å². The number of carbonyl (C=O) groups excluding carboxylic acids is 3. The fourth-order valence-corrected chi connectivity index (χ4v) is 5.14. The molecule has 3 aromatic rings. The van der Waals surface area contributed by atoms with Crippen LogP contribution >= 0.6 is 0 Å². The third-order valence-corrected chi connectivity index (χ3v) is 6.93. The van der Waals surface area contributed by atoms with Gasteiger partial charge in [0, 0.05) is 11.1 Å². The van der Waals surface area contributed by atoms with Gasteiger partial charge in [0.1, 0.15) is 11.8 Å². The summed E-state index contributed by atoms with van der Waals surface area (Å²) in [6, 6.07) is 17.4. The third kappa shape index (κ3) is 4.14. The number of hydrazine groups is 1. The standard InChI is InChI=1S/C29H29N3O6/c1-5-38-20-15-13-19(14-16-20)31-28(34)23-24(21-7-6-8-22(36-3)26(21)37-4)30-32(25(23)29(31)35)27(33)18-11-9-17(2)10-12-18/h6-16,23-25,30H,5H2,1-4H3/t23-,24+,25-/m1/s1. The van der Waals surface area contributed by atoms with E-state index in [0.717, 1.165) is 10.5 Å². The van der Waals surface area contributed by atoms with Crippen molar-refractivity contribution < 1.29 is 28.6 Å². The van der Waals surface area contributed by atoms with Crippen LogP contribution in [0.3, 0.4) is 0 Å². The van der Waals surface area contributed by atoms with Crippen molar-refractivity contribution in [1.29, 1.82) is 0 Å². The van der Waals surface area contributed by atoms with E-state index in [-0.39, 0.29) is 0 Å². The predicted octanol–water partition coefficient (Wildman–Crippen LogP) is 3.67. The van der Waals surface area contributed by atoms with Gasteiger partial charge in [-0.2, -0.15) is 0 Å². The fraction of sp³-hybridized carbons (Fsp3) is 0.276. The quantitative estimate of drug-likeness (QED) is 0.480. The number of benzene rings is 3. The van der Waals surface area contributed by atoms with Crippen LogP contribution in [0.4, 0.5) is 5.69 Å². The lowest BCUT2D eigenvalue weighted by molar-refractivity contribution is -0.123. The number of methoxy groups -OCH3 is 2. The molecule has 2 heterocycles. The number of para-hydroxylation sites is 1. The number of ether oxygens (including phenoxy) is 3. The van der Waals surface area contributed by atoms with Gasteiger partial charge >= 0.3 is 0 Å². The number of aryl methyl sites for hydroxylation is 1. The number of amides is 3. The van der Waals surface area contributed by atoms with Crippen LogP contribution in [-0.2, 0) is 9.59 Å². The highest BCUT2D eigenvalue weighted by molar-refractivity contribution is 6.25. The Morgan fingerprint density at radius 2 is 1.63 bits per heavy atom. The monoisotopic (exact) mass is 515 g/mol. The van der Waals surface area contributed by atoms with Gasteiger partial charge in [-0.25, -0.2) is 10.3 Å². The van der Waals surface area contributed by atoms with Crippen molar-refractivity contribution in [3.63, 3.8) is 0 Å². The maximum atomic E-state index is 13.9. The Morgan fingerprint density at radius 1 is 0.921 bits per heavy atom. The predicted molar refractivity (Wildman–Crippen MR) is 140 cm³/mol. The first kappa shape index (κ1) is 25.3. The van der Waals surface area contributed by atoms with Crippen molar-refractivity contribution in [2.24, 2.45) is 5.92 Å². The molecule has 9 nitrogen and oxygen atoms in total. The van der Waals surface area contributed by atoms with Crippen LogP contribution in [0.5, 0.6) is 17.2 Å². The number of nitrogens with zero attached hydrogens (tertiary/aromatic N) is 2. The summed E-state index contributed by atoms with van der Waals surface area (Å²) in [4.78, 5) is 42.6. The Kier molecular flexibility index (Phi) is 6.77. The molecule has 3 atom stereocenters. The molecule has 2 saturated heterocycles. The summed E-state index contributed by atoms with van der Waals surface area (Å²) in [6.07, 6.45) is 0. The molecule has 0 bridgehead atoms. The zero-order chi connectivity index (χ0) is 27.0. The summed E-state index contributed by atoms with van der Waals surface area (Å²) in [5.74, 6) is -0.648. The summed E-state index contributed by atoms with van der Waals surface area (Å²) in [5, 5.41) is 1.29. The van der Waals surface area contributed by atoms with E-state index in [1.54, 1.807) is 54.6 Å². The van der Waals surface area contributed by atoms with E-state index in [9.17, 15) is 14.4 Å². The Hall–Kier alpha value is -4.37. The molecule has 2 aliphatic rings. The lowest BCUT2D eigenvalue weighted by Crippen LogP contribution is -2.48. The Labute approximate surface area is 220 Å². The number of carbonyl (C=O) groups is 3. The smallest absolute Gasteiger partial charge is 0.268 e. The summed E-state index contributed by atoms with van der Waals surface area (Å²) in [6.45, 7) is 4.30. The van der Waals surface area contributed by atoms with E-state index in [0.29, 0.717) is 40.7 Å². The molecule has 2 aliphatic heterocycles. The van der Waals surface area contributed by atoms with E-state index in [4.69, 9.17) is 14.2 Å². The number of hydrogen-bond acceptors (Lipinski definition) is 7. The molecule has 3 aromatic carbocycles. The largest absolute Gasteiger partial charge is 0.494 e. The molecule has 2 fully saturated rings. The van der Waals surface area contributed by atoms with Crippen molar-refractivity contribution in [2.45, 2.75) is 25.9 Å². The highest BCUT2D eigenvalue weighted by Gasteiger charge is 2.61. The first-order valence-corrected chi connectivity index (χ1v) is 12.4. The van der Waals surface area contributed by atoms with Gasteiger partial charge < -0.3 is 14.2 Å². The van der Waals surface area contributed by atoms with E-state index in [1.165, 1.54) is 19.2 Å². The zero-order valence-corrected chi connectivity index (χ0v) is 21.6. The lowest BCUT2D eigenvalue weighted by atomic mass is 9.90. The van der Waals surface area contributed by atoms with Crippen molar-refractivity contribution in [1.82, 2.24) is 10.4 Å². The van der Waals surface area contributed by atoms with E-state index in [1.807, 2.05) is 26.0 Å². The molecule has 0 saturated carbocycles. The van der Waals surface area contributed by atoms with Crippen LogP contribution in [0.2, 0.25) is 0 Å². The van der Waals surface area contributed by atoms with E-state index in [2.05, 4.69) is 5.43 Å². The number of fused-ring (bicyclic) bond motifs is 1. The summed E-state index contributed by atoms with van der Waals surface area (Å²) in [7, 11) is 3.04. The summed E-state index contributed by atoms with van der Waals surface area (Å²) < 4.78 is 16.6. The van der Waals surface area contributed by atoms with Crippen molar-refractivity contribution >= 4 is 23.4 Å². The van der Waals surface area contributed by atoms with Crippen LogP contribution < -0.4 is 24.5 Å². The first-order chi connectivity index (χ1) is 18.4. The van der Waals surface area contributed by atoms with Crippen molar-refractivity contribution in [3.05, 3.63) is 83.4 Å². The Balaban J connectivity index is 1.59. The molecule has 1 N–H and O–H groups in total. The van der Waals surface area contributed by atoms with Gasteiger partial charge in [0.15, 0.2) is 11.5 Å². The van der Waals surface area contributed by atoms with Crippen LogP contribution in [0.25, 0.3) is 0 Å². The van der Waals surface area contributed by atoms with E-state index < -0.39 is 35.7 Å². The first-order valence-electron chi connectivity index (χ1n) is 12.4. The van der Waals surface area contributed by atoms with Crippen molar-refractivity contribution in [3.8, 4) is 17.2 Å². The number of imide groups is 1. The zero-order valence-electron chi connectivity index (χ0n) is 21.6. The van der Waals surface area contributed by atoms with Gasteiger partial charge in [-0.05, 0) is 56.3 Å². The number of nitrogens with one attached hydrogen (secondary N) is 1. The fourth-order valence-electron chi connectivity index (χ4n) is 5.14. The molecule has 3 amide bonds. The molecule has 0 aliphatic carbocycles. The second-order valence-electron chi connectivity index (χ2n) is 9.14. The van der Waals surface area contributed by atoms with Crippen molar-refractivity contribution in [2.75, 3.05) is 25.7 Å². The Bertz CT molecular complexity index is 1370. The number of anilines is 1. The average molecular weight is 516 g/mol. The van der Waals surface area contributed by atoms with Gasteiger partial charge in [-0.15, -0.1) is 0 Å². The minimum atomic E-state index is -1.05.